The van der Waals surface area contributed by atoms with Gasteiger partial charge in [0.15, 0.2) is 0 Å². The molecular weight excluding hydrogens is 200 g/mol. The van der Waals surface area contributed by atoms with E-state index in [1.807, 2.05) is 31.2 Å². The fourth-order valence-electron chi connectivity index (χ4n) is 1.93. The molecule has 0 N–H and O–H groups in total. The average Bonchev–Trinajstić information content (AvgIpc) is 2.48. The molecule has 3 rings (SSSR count). The largest absolute Gasteiger partial charge is 0.454 e. The number of nitrogens with zero attached hydrogens (tertiary/aromatic N) is 2. The molecule has 3 heterocycles. The van der Waals surface area contributed by atoms with Crippen molar-refractivity contribution in [3.8, 4) is 11.5 Å². The molecule has 0 saturated carbocycles. The summed E-state index contributed by atoms with van der Waals surface area (Å²) in [4.78, 5) is 8.84. The SMILES string of the molecule is Cc1ccc2c(n1)CCc1ncccc1O2. The van der Waals surface area contributed by atoms with Gasteiger partial charge in [0.2, 0.25) is 0 Å². The van der Waals surface area contributed by atoms with Crippen molar-refractivity contribution in [3.05, 3.63) is 47.5 Å². The van der Waals surface area contributed by atoms with E-state index in [9.17, 15) is 0 Å². The predicted molar refractivity (Wildman–Crippen MR) is 60.7 cm³/mol. The summed E-state index contributed by atoms with van der Waals surface area (Å²) < 4.78 is 5.83. The Bertz CT molecular complexity index is 537. The second-order valence-electron chi connectivity index (χ2n) is 3.95. The Hall–Kier alpha value is -1.90. The van der Waals surface area contributed by atoms with Crippen LogP contribution < -0.4 is 4.74 Å². The second-order valence-corrected chi connectivity index (χ2v) is 3.95. The van der Waals surface area contributed by atoms with E-state index in [0.717, 1.165) is 41.4 Å². The molecule has 0 unspecified atom stereocenters. The summed E-state index contributed by atoms with van der Waals surface area (Å²) in [6, 6.07) is 7.81. The summed E-state index contributed by atoms with van der Waals surface area (Å²) in [5.41, 5.74) is 3.07. The monoisotopic (exact) mass is 212 g/mol. The highest BCUT2D eigenvalue weighted by Crippen LogP contribution is 2.31. The Labute approximate surface area is 94.1 Å². The molecule has 2 aromatic heterocycles. The molecule has 0 bridgehead atoms. The summed E-state index contributed by atoms with van der Waals surface area (Å²) in [5.74, 6) is 1.71. The number of pyridine rings is 2. The first kappa shape index (κ1) is 9.33. The number of fused-ring (bicyclic) bond motifs is 2. The lowest BCUT2D eigenvalue weighted by Gasteiger charge is -2.07. The molecule has 16 heavy (non-hydrogen) atoms. The van der Waals surface area contributed by atoms with Crippen molar-refractivity contribution in [2.75, 3.05) is 0 Å². The molecule has 0 aromatic carbocycles. The van der Waals surface area contributed by atoms with E-state index in [4.69, 9.17) is 4.74 Å². The van der Waals surface area contributed by atoms with Crippen LogP contribution in [0, 0.1) is 6.92 Å². The third-order valence-corrected chi connectivity index (χ3v) is 2.74. The van der Waals surface area contributed by atoms with Gasteiger partial charge in [0.05, 0.1) is 11.4 Å². The van der Waals surface area contributed by atoms with Crippen molar-refractivity contribution in [1.82, 2.24) is 9.97 Å². The van der Waals surface area contributed by atoms with Gasteiger partial charge in [-0.2, -0.15) is 0 Å². The first-order valence-electron chi connectivity index (χ1n) is 5.41. The summed E-state index contributed by atoms with van der Waals surface area (Å²) in [6.45, 7) is 2.00. The molecule has 3 heteroatoms. The van der Waals surface area contributed by atoms with E-state index in [-0.39, 0.29) is 0 Å². The van der Waals surface area contributed by atoms with Crippen molar-refractivity contribution >= 4 is 0 Å². The van der Waals surface area contributed by atoms with Crippen molar-refractivity contribution in [1.29, 1.82) is 0 Å². The van der Waals surface area contributed by atoms with Crippen LogP contribution in [0.25, 0.3) is 0 Å². The van der Waals surface area contributed by atoms with Gasteiger partial charge < -0.3 is 4.74 Å². The lowest BCUT2D eigenvalue weighted by Crippen LogP contribution is -1.95. The van der Waals surface area contributed by atoms with Gasteiger partial charge in [-0.05, 0) is 44.0 Å². The molecule has 2 aromatic rings. The Balaban J connectivity index is 2.08. The Morgan fingerprint density at radius 2 is 1.88 bits per heavy atom. The molecular formula is C13H12N2O. The molecule has 0 fully saturated rings. The third kappa shape index (κ3) is 1.54. The highest BCUT2D eigenvalue weighted by Gasteiger charge is 2.15. The zero-order chi connectivity index (χ0) is 11.0. The molecule has 0 amide bonds. The van der Waals surface area contributed by atoms with E-state index >= 15 is 0 Å². The van der Waals surface area contributed by atoms with Crippen LogP contribution in [0.3, 0.4) is 0 Å². The van der Waals surface area contributed by atoms with E-state index in [1.54, 1.807) is 6.20 Å². The van der Waals surface area contributed by atoms with E-state index in [0.29, 0.717) is 0 Å². The van der Waals surface area contributed by atoms with Gasteiger partial charge in [0, 0.05) is 11.9 Å². The van der Waals surface area contributed by atoms with E-state index in [1.165, 1.54) is 0 Å². The number of aryl methyl sites for hydroxylation is 3. The van der Waals surface area contributed by atoms with Crippen LogP contribution in [0.1, 0.15) is 17.1 Å². The van der Waals surface area contributed by atoms with Gasteiger partial charge in [-0.1, -0.05) is 0 Å². The summed E-state index contributed by atoms with van der Waals surface area (Å²) in [7, 11) is 0. The Kier molecular flexibility index (Phi) is 2.10. The summed E-state index contributed by atoms with van der Waals surface area (Å²) in [6.07, 6.45) is 3.58. The van der Waals surface area contributed by atoms with Crippen LogP contribution >= 0.6 is 0 Å². The van der Waals surface area contributed by atoms with Gasteiger partial charge >= 0.3 is 0 Å². The van der Waals surface area contributed by atoms with Crippen molar-refractivity contribution < 1.29 is 4.74 Å². The van der Waals surface area contributed by atoms with Crippen LogP contribution in [0.5, 0.6) is 11.5 Å². The average molecular weight is 212 g/mol. The summed E-state index contributed by atoms with van der Waals surface area (Å²) in [5, 5.41) is 0. The first-order chi connectivity index (χ1) is 7.83. The van der Waals surface area contributed by atoms with Crippen molar-refractivity contribution in [3.63, 3.8) is 0 Å². The van der Waals surface area contributed by atoms with Crippen molar-refractivity contribution in [2.45, 2.75) is 19.8 Å². The fraction of sp³-hybridized carbons (Fsp3) is 0.231. The number of aromatic nitrogens is 2. The van der Waals surface area contributed by atoms with E-state index < -0.39 is 0 Å². The van der Waals surface area contributed by atoms with Crippen LogP contribution in [-0.2, 0) is 12.8 Å². The standard InChI is InChI=1S/C13H12N2O/c1-9-4-7-13-11(15-9)6-5-10-12(16-13)3-2-8-14-10/h2-4,7-8H,5-6H2,1H3. The fourth-order valence-corrected chi connectivity index (χ4v) is 1.93. The number of hydrogen-bond donors (Lipinski definition) is 0. The molecule has 0 aliphatic carbocycles. The van der Waals surface area contributed by atoms with Gasteiger partial charge in [-0.25, -0.2) is 0 Å². The lowest BCUT2D eigenvalue weighted by molar-refractivity contribution is 0.473. The third-order valence-electron chi connectivity index (χ3n) is 2.74. The Morgan fingerprint density at radius 1 is 1.06 bits per heavy atom. The number of ether oxygens (including phenoxy) is 1. The molecule has 1 aliphatic rings. The minimum atomic E-state index is 0.854. The van der Waals surface area contributed by atoms with Gasteiger partial charge in [0.25, 0.3) is 0 Å². The smallest absolute Gasteiger partial charge is 0.149 e. The summed E-state index contributed by atoms with van der Waals surface area (Å²) >= 11 is 0. The molecule has 0 spiro atoms. The highest BCUT2D eigenvalue weighted by molar-refractivity contribution is 5.40. The maximum Gasteiger partial charge on any atom is 0.149 e. The topological polar surface area (TPSA) is 35.0 Å². The minimum absolute atomic E-state index is 0.854. The first-order valence-corrected chi connectivity index (χ1v) is 5.41. The van der Waals surface area contributed by atoms with Gasteiger partial charge in [0.1, 0.15) is 11.5 Å². The Morgan fingerprint density at radius 3 is 2.81 bits per heavy atom. The van der Waals surface area contributed by atoms with Crippen LogP contribution in [0.2, 0.25) is 0 Å². The molecule has 80 valence electrons. The maximum atomic E-state index is 5.83. The molecule has 0 radical (unpaired) electrons. The van der Waals surface area contributed by atoms with Crippen molar-refractivity contribution in [2.24, 2.45) is 0 Å². The quantitative estimate of drug-likeness (QED) is 0.673. The second kappa shape index (κ2) is 3.59. The van der Waals surface area contributed by atoms with Gasteiger partial charge in [-0.3, -0.25) is 9.97 Å². The molecule has 3 nitrogen and oxygen atoms in total. The lowest BCUT2D eigenvalue weighted by atomic mass is 10.1. The van der Waals surface area contributed by atoms with Gasteiger partial charge in [-0.15, -0.1) is 0 Å². The van der Waals surface area contributed by atoms with Crippen LogP contribution in [0.4, 0.5) is 0 Å². The van der Waals surface area contributed by atoms with E-state index in [2.05, 4.69) is 9.97 Å². The zero-order valence-corrected chi connectivity index (χ0v) is 9.10. The minimum Gasteiger partial charge on any atom is -0.454 e. The maximum absolute atomic E-state index is 5.83. The zero-order valence-electron chi connectivity index (χ0n) is 9.10. The number of rotatable bonds is 0. The molecule has 0 atom stereocenters. The normalized spacial score (nSPS) is 13.3. The predicted octanol–water partition coefficient (Wildman–Crippen LogP) is 2.68. The highest BCUT2D eigenvalue weighted by atomic mass is 16.5. The van der Waals surface area contributed by atoms with Crippen LogP contribution in [-0.4, -0.2) is 9.97 Å². The molecule has 1 aliphatic heterocycles. The molecule has 0 saturated heterocycles. The number of hydrogen-bond acceptors (Lipinski definition) is 3. The van der Waals surface area contributed by atoms with Crippen LogP contribution in [0.15, 0.2) is 30.5 Å².